The number of sulfonamides is 1. The third-order valence-electron chi connectivity index (χ3n) is 2.46. The average Bonchev–Trinajstić information content (AvgIpc) is 2.43. The second-order valence-corrected chi connectivity index (χ2v) is 6.51. The number of aliphatic hydroxyl groups excluding tert-OH is 1. The van der Waals surface area contributed by atoms with E-state index in [0.717, 1.165) is 18.2 Å². The van der Waals surface area contributed by atoms with E-state index in [1.807, 2.05) is 9.82 Å². The van der Waals surface area contributed by atoms with Gasteiger partial charge in [0, 0.05) is 16.1 Å². The summed E-state index contributed by atoms with van der Waals surface area (Å²) in [6, 6.07) is 4.54. The molecule has 3 N–H and O–H groups in total. The predicted octanol–water partition coefficient (Wildman–Crippen LogP) is 0.965. The van der Waals surface area contributed by atoms with E-state index in [4.69, 9.17) is 5.11 Å². The molecule has 1 aromatic carbocycles. The van der Waals surface area contributed by atoms with Crippen LogP contribution in [0.4, 0.5) is 10.2 Å². The topological polar surface area (TPSA) is 112 Å². The lowest BCUT2D eigenvalue weighted by molar-refractivity contribution is 0.274. The monoisotopic (exact) mass is 377 g/mol. The molecule has 0 atom stereocenters. The highest BCUT2D eigenvalue weighted by Gasteiger charge is 2.23. The zero-order chi connectivity index (χ0) is 15.6. The van der Waals surface area contributed by atoms with E-state index < -0.39 is 32.9 Å². The van der Waals surface area contributed by atoms with Crippen LogP contribution in [0.5, 0.6) is 0 Å². The Balaban J connectivity index is 2.47. The minimum atomic E-state index is -4.26. The van der Waals surface area contributed by atoms with Gasteiger partial charge in [0.2, 0.25) is 0 Å². The van der Waals surface area contributed by atoms with Crippen LogP contribution in [0.2, 0.25) is 0 Å². The zero-order valence-electron chi connectivity index (χ0n) is 10.3. The van der Waals surface area contributed by atoms with Crippen LogP contribution in [0.1, 0.15) is 5.56 Å². The zero-order valence-corrected chi connectivity index (χ0v) is 12.7. The Morgan fingerprint density at radius 1 is 1.38 bits per heavy atom. The lowest BCUT2D eigenvalue weighted by Gasteiger charge is -2.10. The number of H-pyrrole nitrogens is 1. The van der Waals surface area contributed by atoms with Crippen molar-refractivity contribution in [3.8, 4) is 0 Å². The molecule has 0 bridgehead atoms. The lowest BCUT2D eigenvalue weighted by atomic mass is 10.2. The van der Waals surface area contributed by atoms with Crippen LogP contribution < -0.4 is 10.3 Å². The van der Waals surface area contributed by atoms with Gasteiger partial charge >= 0.3 is 0 Å². The summed E-state index contributed by atoms with van der Waals surface area (Å²) in [5.41, 5.74) is -0.673. The number of nitrogens with one attached hydrogen (secondary N) is 2. The van der Waals surface area contributed by atoms with Gasteiger partial charge in [-0.05, 0) is 18.2 Å². The van der Waals surface area contributed by atoms with Crippen LogP contribution in [0.3, 0.4) is 0 Å². The van der Waals surface area contributed by atoms with E-state index >= 15 is 0 Å². The van der Waals surface area contributed by atoms with E-state index in [1.165, 1.54) is 6.07 Å². The van der Waals surface area contributed by atoms with Crippen molar-refractivity contribution in [1.29, 1.82) is 0 Å². The minimum absolute atomic E-state index is 0.167. The quantitative estimate of drug-likeness (QED) is 0.734. The Bertz CT molecular complexity index is 817. The number of nitrogens with zero attached hydrogens (tertiary/aromatic N) is 1. The SMILES string of the molecule is O=c1ccc(NS(=O)(=O)c2cc(Br)cc(CO)c2F)n[nH]1. The number of rotatable bonds is 4. The highest BCUT2D eigenvalue weighted by molar-refractivity contribution is 9.10. The molecule has 112 valence electrons. The molecule has 7 nitrogen and oxygen atoms in total. The number of aromatic nitrogens is 2. The van der Waals surface area contributed by atoms with Crippen molar-refractivity contribution in [2.45, 2.75) is 11.5 Å². The van der Waals surface area contributed by atoms with Gasteiger partial charge in [-0.15, -0.1) is 0 Å². The summed E-state index contributed by atoms with van der Waals surface area (Å²) in [4.78, 5) is 10.2. The molecule has 10 heteroatoms. The van der Waals surface area contributed by atoms with Gasteiger partial charge in [-0.3, -0.25) is 9.52 Å². The van der Waals surface area contributed by atoms with E-state index in [-0.39, 0.29) is 11.4 Å². The van der Waals surface area contributed by atoms with E-state index in [0.29, 0.717) is 4.47 Å². The molecular formula is C11H9BrFN3O4S. The Kier molecular flexibility index (Phi) is 4.40. The molecule has 0 aliphatic heterocycles. The van der Waals surface area contributed by atoms with Crippen molar-refractivity contribution >= 4 is 31.8 Å². The standard InChI is InChI=1S/C11H9BrFN3O4S/c12-7-3-6(5-17)11(13)8(4-7)21(19,20)16-9-1-2-10(18)15-14-9/h1-4,17H,5H2,(H,14,16)(H,15,18). The van der Waals surface area contributed by atoms with Crippen LogP contribution in [0.15, 0.2) is 38.4 Å². The summed E-state index contributed by atoms with van der Waals surface area (Å²) in [6.07, 6.45) is 0. The van der Waals surface area contributed by atoms with Gasteiger partial charge in [0.25, 0.3) is 15.6 Å². The molecule has 0 saturated heterocycles. The van der Waals surface area contributed by atoms with Gasteiger partial charge in [0.1, 0.15) is 10.7 Å². The van der Waals surface area contributed by atoms with Crippen LogP contribution >= 0.6 is 15.9 Å². The Hall–Kier alpha value is -1.78. The van der Waals surface area contributed by atoms with Crippen molar-refractivity contribution in [1.82, 2.24) is 10.2 Å². The highest BCUT2D eigenvalue weighted by atomic mass is 79.9. The maximum absolute atomic E-state index is 14.0. The fourth-order valence-electron chi connectivity index (χ4n) is 1.52. The molecule has 0 spiro atoms. The number of benzene rings is 1. The number of hydrogen-bond donors (Lipinski definition) is 3. The van der Waals surface area contributed by atoms with Crippen molar-refractivity contribution in [3.05, 3.63) is 50.5 Å². The Labute approximate surface area is 127 Å². The molecule has 1 aromatic heterocycles. The minimum Gasteiger partial charge on any atom is -0.392 e. The molecule has 0 amide bonds. The summed E-state index contributed by atoms with van der Waals surface area (Å²) in [5.74, 6) is -1.22. The maximum atomic E-state index is 14.0. The number of halogens is 2. The molecule has 0 aliphatic rings. The van der Waals surface area contributed by atoms with Crippen LogP contribution in [0.25, 0.3) is 0 Å². The smallest absolute Gasteiger partial charge is 0.266 e. The van der Waals surface area contributed by atoms with Crippen molar-refractivity contribution < 1.29 is 17.9 Å². The summed E-state index contributed by atoms with van der Waals surface area (Å²) in [7, 11) is -4.26. The van der Waals surface area contributed by atoms with Gasteiger partial charge < -0.3 is 5.11 Å². The third kappa shape index (κ3) is 3.46. The number of anilines is 1. The first kappa shape index (κ1) is 15.6. The van der Waals surface area contributed by atoms with Crippen LogP contribution in [0, 0.1) is 5.82 Å². The molecule has 21 heavy (non-hydrogen) atoms. The molecule has 2 aromatic rings. The summed E-state index contributed by atoms with van der Waals surface area (Å²) >= 11 is 3.04. The lowest BCUT2D eigenvalue weighted by Crippen LogP contribution is -2.18. The van der Waals surface area contributed by atoms with Crippen molar-refractivity contribution in [2.24, 2.45) is 0 Å². The molecule has 2 rings (SSSR count). The molecule has 1 heterocycles. The number of hydrogen-bond acceptors (Lipinski definition) is 5. The van der Waals surface area contributed by atoms with E-state index in [2.05, 4.69) is 21.0 Å². The Morgan fingerprint density at radius 3 is 2.67 bits per heavy atom. The van der Waals surface area contributed by atoms with E-state index in [9.17, 15) is 17.6 Å². The third-order valence-corrected chi connectivity index (χ3v) is 4.27. The Morgan fingerprint density at radius 2 is 2.10 bits per heavy atom. The molecule has 0 saturated carbocycles. The van der Waals surface area contributed by atoms with Crippen molar-refractivity contribution in [2.75, 3.05) is 4.72 Å². The average molecular weight is 378 g/mol. The fraction of sp³-hybridized carbons (Fsp3) is 0.0909. The molecule has 0 fully saturated rings. The number of aliphatic hydroxyl groups is 1. The molecule has 0 radical (unpaired) electrons. The van der Waals surface area contributed by atoms with Gasteiger partial charge in [-0.25, -0.2) is 17.9 Å². The van der Waals surface area contributed by atoms with Gasteiger partial charge in [0.05, 0.1) is 6.61 Å². The second-order valence-electron chi connectivity index (χ2n) is 3.95. The predicted molar refractivity (Wildman–Crippen MR) is 75.7 cm³/mol. The number of aromatic amines is 1. The second kappa shape index (κ2) is 5.92. The first-order chi connectivity index (χ1) is 9.83. The maximum Gasteiger partial charge on any atom is 0.266 e. The molecule has 0 aliphatic carbocycles. The van der Waals surface area contributed by atoms with Crippen molar-refractivity contribution in [3.63, 3.8) is 0 Å². The normalized spacial score (nSPS) is 11.4. The first-order valence-corrected chi connectivity index (χ1v) is 7.78. The van der Waals surface area contributed by atoms with E-state index in [1.54, 1.807) is 0 Å². The van der Waals surface area contributed by atoms with Crippen LogP contribution in [-0.4, -0.2) is 23.7 Å². The summed E-state index contributed by atoms with van der Waals surface area (Å²) < 4.78 is 40.6. The highest BCUT2D eigenvalue weighted by Crippen LogP contribution is 2.25. The summed E-state index contributed by atoms with van der Waals surface area (Å²) in [5, 5.41) is 14.5. The fourth-order valence-corrected chi connectivity index (χ4v) is 3.33. The van der Waals surface area contributed by atoms with Crippen LogP contribution in [-0.2, 0) is 16.6 Å². The first-order valence-electron chi connectivity index (χ1n) is 5.51. The van der Waals surface area contributed by atoms with Gasteiger partial charge in [0.15, 0.2) is 5.82 Å². The molecule has 0 unspecified atom stereocenters. The van der Waals surface area contributed by atoms with Gasteiger partial charge in [-0.1, -0.05) is 15.9 Å². The largest absolute Gasteiger partial charge is 0.392 e. The van der Waals surface area contributed by atoms with Gasteiger partial charge in [-0.2, -0.15) is 5.10 Å². The summed E-state index contributed by atoms with van der Waals surface area (Å²) in [6.45, 7) is -0.648. The molecular weight excluding hydrogens is 369 g/mol.